The maximum atomic E-state index is 10.8. The van der Waals surface area contributed by atoms with E-state index in [9.17, 15) is 9.59 Å². The smallest absolute Gasteiger partial charge is 0.309 e. The van der Waals surface area contributed by atoms with Gasteiger partial charge < -0.3 is 9.84 Å². The number of Topliss-reactive ketones (excluding diaryl/α,β-unsaturated/α-hetero) is 1. The molecule has 1 aliphatic rings. The lowest BCUT2D eigenvalue weighted by Crippen LogP contribution is -2.22. The van der Waals surface area contributed by atoms with Crippen molar-refractivity contribution in [3.8, 4) is 0 Å². The highest BCUT2D eigenvalue weighted by molar-refractivity contribution is 5.82. The number of carbonyl (C=O) groups excluding carboxylic acids is 1. The van der Waals surface area contributed by atoms with Crippen molar-refractivity contribution in [2.45, 2.75) is 25.4 Å². The molecular weight excluding hydrogens is 160 g/mol. The molecule has 4 heteroatoms. The highest BCUT2D eigenvalue weighted by Gasteiger charge is 2.59. The summed E-state index contributed by atoms with van der Waals surface area (Å²) in [5, 5.41) is 8.64. The third-order valence-corrected chi connectivity index (χ3v) is 2.28. The Morgan fingerprint density at radius 3 is 2.50 bits per heavy atom. The molecule has 2 atom stereocenters. The first-order valence-electron chi connectivity index (χ1n) is 3.79. The lowest BCUT2D eigenvalue weighted by atomic mass is 10.1. The fourth-order valence-corrected chi connectivity index (χ4v) is 1.51. The van der Waals surface area contributed by atoms with Crippen molar-refractivity contribution < 1.29 is 19.4 Å². The number of carboxylic acids is 1. The number of aliphatic carboxylic acids is 1. The zero-order valence-electron chi connectivity index (χ0n) is 7.16. The van der Waals surface area contributed by atoms with Crippen molar-refractivity contribution in [3.63, 3.8) is 0 Å². The van der Waals surface area contributed by atoms with Crippen LogP contribution in [0.2, 0.25) is 0 Å². The Labute approximate surface area is 70.5 Å². The van der Waals surface area contributed by atoms with E-state index in [1.54, 1.807) is 0 Å². The molecule has 1 rings (SSSR count). The Bertz CT molecular complexity index is 223. The normalized spacial score (nSPS) is 33.0. The highest BCUT2D eigenvalue weighted by atomic mass is 16.5. The van der Waals surface area contributed by atoms with Gasteiger partial charge in [-0.25, -0.2) is 0 Å². The minimum absolute atomic E-state index is 0.0272. The topological polar surface area (TPSA) is 63.6 Å². The molecule has 1 aliphatic carbocycles. The summed E-state index contributed by atoms with van der Waals surface area (Å²) in [7, 11) is 1.45. The Kier molecular flexibility index (Phi) is 2.19. The Hall–Kier alpha value is -0.900. The summed E-state index contributed by atoms with van der Waals surface area (Å²) in [5.74, 6) is -1.40. The van der Waals surface area contributed by atoms with E-state index in [1.807, 2.05) is 0 Å². The zero-order valence-corrected chi connectivity index (χ0v) is 7.16. The largest absolute Gasteiger partial charge is 0.481 e. The van der Waals surface area contributed by atoms with Gasteiger partial charge in [-0.3, -0.25) is 9.59 Å². The first kappa shape index (κ1) is 9.19. The van der Waals surface area contributed by atoms with Crippen molar-refractivity contribution >= 4 is 11.8 Å². The number of carboxylic acid groups (broad SMARTS) is 1. The van der Waals surface area contributed by atoms with E-state index >= 15 is 0 Å². The van der Waals surface area contributed by atoms with Crippen LogP contribution < -0.4 is 0 Å². The zero-order chi connectivity index (χ0) is 9.35. The molecule has 0 spiro atoms. The summed E-state index contributed by atoms with van der Waals surface area (Å²) < 4.78 is 5.03. The predicted molar refractivity (Wildman–Crippen MR) is 40.8 cm³/mol. The van der Waals surface area contributed by atoms with Crippen molar-refractivity contribution in [1.82, 2.24) is 0 Å². The fraction of sp³-hybridized carbons (Fsp3) is 0.750. The van der Waals surface area contributed by atoms with E-state index in [-0.39, 0.29) is 12.2 Å². The van der Waals surface area contributed by atoms with Crippen molar-refractivity contribution in [3.05, 3.63) is 0 Å². The number of ketones is 1. The highest BCUT2D eigenvalue weighted by Crippen LogP contribution is 2.49. The molecular formula is C8H12O4. The number of hydrogen-bond acceptors (Lipinski definition) is 3. The quantitative estimate of drug-likeness (QED) is 0.668. The van der Waals surface area contributed by atoms with E-state index in [2.05, 4.69) is 0 Å². The average Bonchev–Trinajstić information content (AvgIpc) is 2.63. The van der Waals surface area contributed by atoms with Crippen LogP contribution in [0.15, 0.2) is 0 Å². The van der Waals surface area contributed by atoms with E-state index < -0.39 is 17.5 Å². The molecule has 1 N–H and O–H groups in total. The molecule has 0 aromatic carbocycles. The van der Waals surface area contributed by atoms with Gasteiger partial charge in [-0.1, -0.05) is 0 Å². The second kappa shape index (κ2) is 2.86. The number of methoxy groups -OCH3 is 1. The lowest BCUT2D eigenvalue weighted by Gasteiger charge is -2.11. The molecule has 0 heterocycles. The van der Waals surface area contributed by atoms with Gasteiger partial charge in [0.1, 0.15) is 5.78 Å². The molecule has 2 unspecified atom stereocenters. The summed E-state index contributed by atoms with van der Waals surface area (Å²) in [6.45, 7) is 1.44. The third kappa shape index (κ3) is 1.48. The van der Waals surface area contributed by atoms with E-state index in [0.29, 0.717) is 6.42 Å². The van der Waals surface area contributed by atoms with Crippen LogP contribution >= 0.6 is 0 Å². The molecule has 0 radical (unpaired) electrons. The Morgan fingerprint density at radius 1 is 1.67 bits per heavy atom. The second-order valence-corrected chi connectivity index (χ2v) is 3.24. The second-order valence-electron chi connectivity index (χ2n) is 3.24. The van der Waals surface area contributed by atoms with Crippen LogP contribution in [0.3, 0.4) is 0 Å². The van der Waals surface area contributed by atoms with Crippen LogP contribution in [0.25, 0.3) is 0 Å². The van der Waals surface area contributed by atoms with Gasteiger partial charge in [0.25, 0.3) is 0 Å². The van der Waals surface area contributed by atoms with Crippen molar-refractivity contribution in [2.75, 3.05) is 7.11 Å². The van der Waals surface area contributed by atoms with Gasteiger partial charge in [0, 0.05) is 13.5 Å². The number of rotatable bonds is 4. The minimum Gasteiger partial charge on any atom is -0.481 e. The van der Waals surface area contributed by atoms with E-state index in [1.165, 1.54) is 14.0 Å². The molecule has 0 saturated heterocycles. The first-order valence-corrected chi connectivity index (χ1v) is 3.79. The summed E-state index contributed by atoms with van der Waals surface area (Å²) in [6, 6.07) is 0. The van der Waals surface area contributed by atoms with Crippen LogP contribution in [-0.4, -0.2) is 29.6 Å². The third-order valence-electron chi connectivity index (χ3n) is 2.28. The van der Waals surface area contributed by atoms with Gasteiger partial charge >= 0.3 is 5.97 Å². The molecule has 1 saturated carbocycles. The Morgan fingerprint density at radius 2 is 2.25 bits per heavy atom. The summed E-state index contributed by atoms with van der Waals surface area (Å²) in [5.41, 5.74) is -0.697. The molecule has 0 amide bonds. The molecule has 0 aromatic heterocycles. The number of hydrogen-bond donors (Lipinski definition) is 1. The minimum atomic E-state index is -0.877. The molecule has 68 valence electrons. The van der Waals surface area contributed by atoms with Gasteiger partial charge in [-0.15, -0.1) is 0 Å². The monoisotopic (exact) mass is 172 g/mol. The van der Waals surface area contributed by atoms with Crippen LogP contribution in [0.5, 0.6) is 0 Å². The lowest BCUT2D eigenvalue weighted by molar-refractivity contribution is -0.141. The van der Waals surface area contributed by atoms with E-state index in [4.69, 9.17) is 9.84 Å². The van der Waals surface area contributed by atoms with Crippen LogP contribution in [0.4, 0.5) is 0 Å². The summed E-state index contributed by atoms with van der Waals surface area (Å²) in [6.07, 6.45) is 0.666. The van der Waals surface area contributed by atoms with Crippen molar-refractivity contribution in [1.29, 1.82) is 0 Å². The predicted octanol–water partition coefficient (Wildman–Crippen LogP) is 0.455. The van der Waals surface area contributed by atoms with Gasteiger partial charge in [0.15, 0.2) is 0 Å². The molecule has 1 fully saturated rings. The summed E-state index contributed by atoms with van der Waals surface area (Å²) >= 11 is 0. The molecule has 0 aliphatic heterocycles. The molecule has 0 bridgehead atoms. The molecule has 0 aromatic rings. The standard InChI is InChI=1S/C8H12O4/c1-5(9)3-8(12-2)4-6(8)7(10)11/h6H,3-4H2,1-2H3,(H,10,11). The van der Waals surface area contributed by atoms with Gasteiger partial charge in [-0.05, 0) is 13.3 Å². The molecule has 12 heavy (non-hydrogen) atoms. The Balaban J connectivity index is 2.58. The van der Waals surface area contributed by atoms with Gasteiger partial charge in [-0.2, -0.15) is 0 Å². The maximum absolute atomic E-state index is 10.8. The van der Waals surface area contributed by atoms with E-state index in [0.717, 1.165) is 0 Å². The average molecular weight is 172 g/mol. The summed E-state index contributed by atoms with van der Waals surface area (Å²) in [4.78, 5) is 21.3. The van der Waals surface area contributed by atoms with Crippen molar-refractivity contribution in [2.24, 2.45) is 5.92 Å². The maximum Gasteiger partial charge on any atom is 0.309 e. The first-order chi connectivity index (χ1) is 5.52. The van der Waals surface area contributed by atoms with Crippen LogP contribution in [0, 0.1) is 5.92 Å². The number of carbonyl (C=O) groups is 2. The van der Waals surface area contributed by atoms with Crippen LogP contribution in [0.1, 0.15) is 19.8 Å². The van der Waals surface area contributed by atoms with Crippen LogP contribution in [-0.2, 0) is 14.3 Å². The van der Waals surface area contributed by atoms with Gasteiger partial charge in [0.2, 0.25) is 0 Å². The molecule has 4 nitrogen and oxygen atoms in total. The fourth-order valence-electron chi connectivity index (χ4n) is 1.51. The SMILES string of the molecule is COC1(CC(C)=O)CC1C(=O)O. The van der Waals surface area contributed by atoms with Gasteiger partial charge in [0.05, 0.1) is 11.5 Å². The number of ether oxygens (including phenoxy) is 1.